The Labute approximate surface area is 531 Å². The number of ether oxygens (including phenoxy) is 12. The maximum atomic E-state index is 14.7. The normalized spacial score (nSPS) is 32.2. The molecule has 0 bridgehead atoms. The highest BCUT2D eigenvalue weighted by Crippen LogP contribution is 2.47. The van der Waals surface area contributed by atoms with E-state index in [0.29, 0.717) is 6.07 Å². The largest absolute Gasteiger partial charge is 0.571 e. The lowest BCUT2D eigenvalue weighted by Gasteiger charge is -2.45. The Morgan fingerprint density at radius 3 is 1.87 bits per heavy atom. The number of carbonyl (C=O) groups is 4. The first kappa shape index (κ1) is 68.9. The summed E-state index contributed by atoms with van der Waals surface area (Å²) in [6.45, 7) is -2.02. The lowest BCUT2D eigenvalue weighted by molar-refractivity contribution is -0.358. The van der Waals surface area contributed by atoms with Crippen LogP contribution in [-0.4, -0.2) is 263 Å². The molecule has 0 radical (unpaired) electrons. The third kappa shape index (κ3) is 14.2. The Bertz CT molecular complexity index is 3740. The van der Waals surface area contributed by atoms with Gasteiger partial charge in [-0.25, -0.2) is 4.79 Å². The summed E-state index contributed by atoms with van der Waals surface area (Å²) in [7, 11) is 0. The van der Waals surface area contributed by atoms with Crippen LogP contribution >= 0.6 is 0 Å². The number of benzene rings is 4. The molecule has 1 aromatic heterocycles. The van der Waals surface area contributed by atoms with Crippen molar-refractivity contribution in [2.24, 2.45) is 0 Å². The van der Waals surface area contributed by atoms with Gasteiger partial charge in [-0.3, -0.25) is 19.2 Å². The van der Waals surface area contributed by atoms with Crippen molar-refractivity contribution in [2.45, 2.75) is 142 Å². The van der Waals surface area contributed by atoms with Gasteiger partial charge in [0.15, 0.2) is 59.8 Å². The zero-order chi connectivity index (χ0) is 68.8. The van der Waals surface area contributed by atoms with Gasteiger partial charge in [0.25, 0.3) is 11.9 Å². The van der Waals surface area contributed by atoms with E-state index < -0.39 is 241 Å². The van der Waals surface area contributed by atoms with Gasteiger partial charge in [0.2, 0.25) is 30.0 Å². The molecule has 4 aromatic carbocycles. The fraction of sp³-hybridized carbons (Fsp3) is 0.441. The predicted molar refractivity (Wildman–Crippen MR) is 302 cm³/mol. The summed E-state index contributed by atoms with van der Waals surface area (Å²) >= 11 is 0. The van der Waals surface area contributed by atoms with Gasteiger partial charge in [-0.1, -0.05) is 0 Å². The van der Waals surface area contributed by atoms with Gasteiger partial charge in [-0.15, -0.1) is 0 Å². The second-order valence-corrected chi connectivity index (χ2v) is 22.2. The van der Waals surface area contributed by atoms with Crippen molar-refractivity contribution >= 4 is 40.9 Å². The summed E-state index contributed by atoms with van der Waals surface area (Å²) in [6.07, 6.45) is -42.5. The van der Waals surface area contributed by atoms with Crippen LogP contribution in [0.2, 0.25) is 0 Å². The molecule has 0 spiro atoms. The van der Waals surface area contributed by atoms with E-state index in [4.69, 9.17) is 56.5 Å². The molecule has 5 aliphatic rings. The highest BCUT2D eigenvalue weighted by molar-refractivity contribution is 5.91. The molecule has 0 amide bonds. The van der Waals surface area contributed by atoms with Crippen molar-refractivity contribution in [3.8, 4) is 63.1 Å². The average molecular weight is 1350 g/mol. The van der Waals surface area contributed by atoms with E-state index in [0.717, 1.165) is 43.3 Å². The number of rotatable bonds is 19. The van der Waals surface area contributed by atoms with Crippen molar-refractivity contribution in [3.05, 3.63) is 93.8 Å². The smallest absolute Gasteiger partial charge is 0.335 e. The number of esters is 3. The molecular weight excluding hydrogens is 1280 g/mol. The van der Waals surface area contributed by atoms with Gasteiger partial charge in [0.05, 0.1) is 24.8 Å². The van der Waals surface area contributed by atoms with E-state index in [9.17, 15) is 116 Å². The van der Waals surface area contributed by atoms with Crippen LogP contribution in [0.25, 0.3) is 28.4 Å². The molecule has 4 saturated heterocycles. The highest BCUT2D eigenvalue weighted by atomic mass is 16.8. The third-order valence-electron chi connectivity index (χ3n) is 15.7. The molecule has 1 unspecified atom stereocenters. The molecule has 0 aliphatic carbocycles. The van der Waals surface area contributed by atoms with Crippen molar-refractivity contribution in [1.29, 1.82) is 0 Å². The van der Waals surface area contributed by atoms with Crippen LogP contribution < -0.4 is 14.9 Å². The minimum atomic E-state index is -2.42. The second-order valence-electron chi connectivity index (χ2n) is 22.2. The summed E-state index contributed by atoms with van der Waals surface area (Å²) in [6, 6.07) is 11.9. The lowest BCUT2D eigenvalue weighted by Crippen LogP contribution is -2.65. The zero-order valence-electron chi connectivity index (χ0n) is 48.8. The zero-order valence-corrected chi connectivity index (χ0v) is 48.8. The standard InChI is InChI=1S/C59H62O36/c1-18(62)84-50-40(73)34(91-57(47(50)80)88-31-13-24-26(66)9-22(64)10-29(24)86-48(31)20-4-7-25(65)27(67)8-20)17-83-35(69)14-36(70)92-53-45(78)44(77)52(55(81)82)94-58(53)85-23-11-28(68)37-30(12-23)87-49(19-2-5-21(63)6-3-19)51(41(37)74)93-59-54(43(76)39(72)33(16-61)90-59)95-56-46(79)42(75)38(71)32(15-60)89-56/h2-13,32-34,38-40,42-48,50,52-54,56-61,63-68,71-73,75-80H,14-17H2,1H3,(H,81,82)/p+1/t32-,33+,34-,38+,39+,40-,42+,43+,44+,45+,46-,47-,48?,50+,52+,53-,54-,56+,57-,58-,59+/m1/s1. The van der Waals surface area contributed by atoms with E-state index in [1.54, 1.807) is 0 Å². The Balaban J connectivity index is 0.883. The lowest BCUT2D eigenvalue weighted by atomic mass is 9.97. The summed E-state index contributed by atoms with van der Waals surface area (Å²) in [5, 5.41) is 191. The SMILES string of the molecule is CC(=O)O[C@@H]1[C@@H](O)[C@H](OC2=Cc3c(O)cc(O)cc3[OH+]C2c2ccc(O)c(O)c2)O[C@H](COC(=O)CC(=O)O[C@H]2[C@H](Oc3cc(O)c4c(=O)c(O[C@@H]5O[C@@H](CO)[C@H](O)[C@H](O)[C@H]5O[C@@H]5O[C@H](CO)[C@H](O)[C@H](O)[C@H]5O)c(-c5ccc(O)cc5)oc4c3)O[C@H](C(=O)O)[C@@H](O)[C@@H]2O)[C@H]1O. The van der Waals surface area contributed by atoms with Gasteiger partial charge < -0.3 is 153 Å². The van der Waals surface area contributed by atoms with Gasteiger partial charge in [-0.2, -0.15) is 0 Å². The van der Waals surface area contributed by atoms with E-state index >= 15 is 0 Å². The molecule has 5 aliphatic heterocycles. The van der Waals surface area contributed by atoms with Crippen LogP contribution in [0.3, 0.4) is 0 Å². The minimum Gasteiger partial charge on any atom is -0.571 e. The summed E-state index contributed by atoms with van der Waals surface area (Å²) in [4.78, 5) is 66.2. The molecule has 514 valence electrons. The van der Waals surface area contributed by atoms with Crippen molar-refractivity contribution in [2.75, 3.05) is 19.8 Å². The molecule has 6 heterocycles. The number of aliphatic hydroxyl groups is 12. The fourth-order valence-electron chi connectivity index (χ4n) is 10.9. The monoisotopic (exact) mass is 1350 g/mol. The summed E-state index contributed by atoms with van der Waals surface area (Å²) < 4.78 is 72.3. The summed E-state index contributed by atoms with van der Waals surface area (Å²) in [5.74, 6) is -11.7. The molecule has 36 heteroatoms. The number of hydrogen-bond donors (Lipinski definition) is 18. The number of fused-ring (bicyclic) bond motifs is 2. The van der Waals surface area contributed by atoms with Crippen molar-refractivity contribution in [3.63, 3.8) is 0 Å². The van der Waals surface area contributed by atoms with Gasteiger partial charge in [-0.05, 0) is 42.5 Å². The number of phenols is 6. The van der Waals surface area contributed by atoms with Crippen molar-refractivity contribution < 1.29 is 172 Å². The quantitative estimate of drug-likeness (QED) is 0.0123. The molecule has 0 saturated carbocycles. The van der Waals surface area contributed by atoms with Crippen LogP contribution in [-0.2, 0) is 61.8 Å². The number of carboxylic acids is 1. The molecule has 36 nitrogen and oxygen atoms in total. The number of carbonyl (C=O) groups excluding carboxylic acids is 3. The molecule has 19 N–H and O–H groups in total. The molecule has 5 aromatic rings. The summed E-state index contributed by atoms with van der Waals surface area (Å²) in [5.41, 5.74) is -1.87. The number of aliphatic carboxylic acids is 1. The van der Waals surface area contributed by atoms with Crippen LogP contribution in [0.15, 0.2) is 81.7 Å². The first-order valence-corrected chi connectivity index (χ1v) is 28.6. The maximum Gasteiger partial charge on any atom is 0.335 e. The number of hydrogen-bond acceptors (Lipinski definition) is 34. The van der Waals surface area contributed by atoms with Gasteiger partial charge in [0, 0.05) is 36.8 Å². The molecule has 95 heavy (non-hydrogen) atoms. The Kier molecular flexibility index (Phi) is 20.4. The van der Waals surface area contributed by atoms with Gasteiger partial charge >= 0.3 is 23.9 Å². The fourth-order valence-corrected chi connectivity index (χ4v) is 10.9. The highest BCUT2D eigenvalue weighted by Gasteiger charge is 2.55. The Morgan fingerprint density at radius 2 is 1.21 bits per heavy atom. The predicted octanol–water partition coefficient (Wildman–Crippen LogP) is -4.12. The van der Waals surface area contributed by atoms with Crippen LogP contribution in [0, 0.1) is 0 Å². The maximum absolute atomic E-state index is 14.7. The third-order valence-corrected chi connectivity index (χ3v) is 15.7. The Morgan fingerprint density at radius 1 is 0.558 bits per heavy atom. The van der Waals surface area contributed by atoms with Gasteiger partial charge in [0.1, 0.15) is 125 Å². The average Bonchev–Trinajstić information content (AvgIpc) is 0.764. The van der Waals surface area contributed by atoms with E-state index in [-0.39, 0.29) is 33.9 Å². The first-order valence-electron chi connectivity index (χ1n) is 28.6. The van der Waals surface area contributed by atoms with E-state index in [2.05, 4.69) is 4.74 Å². The van der Waals surface area contributed by atoms with Crippen LogP contribution in [0.1, 0.15) is 30.6 Å². The van der Waals surface area contributed by atoms with Crippen molar-refractivity contribution in [1.82, 2.24) is 0 Å². The molecule has 10 rings (SSSR count). The first-order chi connectivity index (χ1) is 45.0. The second kappa shape index (κ2) is 28.2. The number of aromatic hydroxyl groups is 7. The van der Waals surface area contributed by atoms with E-state index in [1.807, 2.05) is 0 Å². The van der Waals surface area contributed by atoms with Crippen LogP contribution in [0.5, 0.6) is 51.7 Å². The van der Waals surface area contributed by atoms with Crippen LogP contribution in [0.4, 0.5) is 0 Å². The number of aliphatic hydroxyl groups excluding tert-OH is 11. The molecule has 4 fully saturated rings. The minimum absolute atomic E-state index is 0.0135. The Hall–Kier alpha value is -8.93. The number of carboxylic acid groups (broad SMARTS) is 1. The number of phenolic OH excluding ortho intramolecular Hbond substituents is 6. The molecular formula is C59H63O36+. The molecule has 21 atom stereocenters. The van der Waals surface area contributed by atoms with E-state index in [1.165, 1.54) is 30.3 Å². The topological polar surface area (TPSA) is 577 Å².